The Morgan fingerprint density at radius 1 is 1.25 bits per heavy atom. The first kappa shape index (κ1) is 18.2. The quantitative estimate of drug-likeness (QED) is 0.498. The molecule has 0 spiro atoms. The van der Waals surface area contributed by atoms with Gasteiger partial charge in [-0.2, -0.15) is 4.31 Å². The molecule has 0 saturated heterocycles. The van der Waals surface area contributed by atoms with Gasteiger partial charge in [-0.3, -0.25) is 9.59 Å². The standard InChI is InChI=1S/C15H20N2O6S/c1-3-17(4-2)24(22,23)10-5-6-12(18)11(9-10)16-13(19)15(7-8-15)14(20)21/h5-6,9,18H,3-4,7-8H2,1-2H3,(H,16,19)(H,20,21). The third kappa shape index (κ3) is 3.09. The van der Waals surface area contributed by atoms with Gasteiger partial charge in [0.05, 0.1) is 10.6 Å². The number of sulfonamides is 1. The Kier molecular flexibility index (Phi) is 4.86. The smallest absolute Gasteiger partial charge is 0.319 e. The molecule has 3 N–H and O–H groups in total. The van der Waals surface area contributed by atoms with E-state index in [0.717, 1.165) is 12.1 Å². The van der Waals surface area contributed by atoms with Crippen molar-refractivity contribution in [1.29, 1.82) is 0 Å². The zero-order valence-corrected chi connectivity index (χ0v) is 14.3. The van der Waals surface area contributed by atoms with E-state index in [1.165, 1.54) is 10.4 Å². The number of rotatable bonds is 7. The molecule has 1 aliphatic carbocycles. The van der Waals surface area contributed by atoms with Crippen LogP contribution in [0.25, 0.3) is 0 Å². The number of nitrogens with zero attached hydrogens (tertiary/aromatic N) is 1. The molecule has 2 rings (SSSR count). The van der Waals surface area contributed by atoms with E-state index in [2.05, 4.69) is 5.32 Å². The van der Waals surface area contributed by atoms with Crippen molar-refractivity contribution in [3.63, 3.8) is 0 Å². The monoisotopic (exact) mass is 356 g/mol. The number of carbonyl (C=O) groups excluding carboxylic acids is 1. The van der Waals surface area contributed by atoms with Crippen LogP contribution in [0.3, 0.4) is 0 Å². The summed E-state index contributed by atoms with van der Waals surface area (Å²) in [6.07, 6.45) is 0.429. The first-order valence-corrected chi connectivity index (χ1v) is 9.01. The Hall–Kier alpha value is -2.13. The molecule has 1 aromatic carbocycles. The molecule has 9 heteroatoms. The van der Waals surface area contributed by atoms with Gasteiger partial charge >= 0.3 is 5.97 Å². The third-order valence-electron chi connectivity index (χ3n) is 4.15. The lowest BCUT2D eigenvalue weighted by Gasteiger charge is -2.19. The number of carboxylic acids is 1. The maximum Gasteiger partial charge on any atom is 0.319 e. The number of anilines is 1. The SMILES string of the molecule is CCN(CC)S(=O)(=O)c1ccc(O)c(NC(=O)C2(C(=O)O)CC2)c1. The summed E-state index contributed by atoms with van der Waals surface area (Å²) >= 11 is 0. The van der Waals surface area contributed by atoms with Gasteiger partial charge in [0.1, 0.15) is 11.2 Å². The molecule has 0 atom stereocenters. The molecule has 1 fully saturated rings. The van der Waals surface area contributed by atoms with Crippen molar-refractivity contribution < 1.29 is 28.2 Å². The highest BCUT2D eigenvalue weighted by atomic mass is 32.2. The van der Waals surface area contributed by atoms with Crippen molar-refractivity contribution in [3.8, 4) is 5.75 Å². The average molecular weight is 356 g/mol. The van der Waals surface area contributed by atoms with Gasteiger partial charge in [-0.15, -0.1) is 0 Å². The molecular weight excluding hydrogens is 336 g/mol. The fraction of sp³-hybridized carbons (Fsp3) is 0.467. The van der Waals surface area contributed by atoms with Crippen LogP contribution in [-0.2, 0) is 19.6 Å². The molecule has 0 aromatic heterocycles. The highest BCUT2D eigenvalue weighted by Crippen LogP contribution is 2.47. The molecule has 24 heavy (non-hydrogen) atoms. The number of phenolic OH excluding ortho intramolecular Hbond substituents is 1. The normalized spacial score (nSPS) is 16.0. The largest absolute Gasteiger partial charge is 0.506 e. The van der Waals surface area contributed by atoms with Crippen LogP contribution in [0.4, 0.5) is 5.69 Å². The van der Waals surface area contributed by atoms with Crippen molar-refractivity contribution >= 4 is 27.6 Å². The summed E-state index contributed by atoms with van der Waals surface area (Å²) in [7, 11) is -3.76. The predicted octanol–water partition coefficient (Wildman–Crippen LogP) is 1.23. The highest BCUT2D eigenvalue weighted by Gasteiger charge is 2.57. The van der Waals surface area contributed by atoms with Gasteiger partial charge < -0.3 is 15.5 Å². The fourth-order valence-corrected chi connectivity index (χ4v) is 3.88. The lowest BCUT2D eigenvalue weighted by molar-refractivity contribution is -0.147. The molecule has 1 amide bonds. The Balaban J connectivity index is 2.33. The van der Waals surface area contributed by atoms with Crippen LogP contribution in [0.15, 0.2) is 23.1 Å². The number of benzene rings is 1. The molecule has 1 aromatic rings. The number of phenols is 1. The second-order valence-corrected chi connectivity index (χ2v) is 7.55. The van der Waals surface area contributed by atoms with Gasteiger partial charge in [-0.05, 0) is 31.0 Å². The molecule has 8 nitrogen and oxygen atoms in total. The molecular formula is C15H20N2O6S. The second kappa shape index (κ2) is 6.40. The first-order valence-electron chi connectivity index (χ1n) is 7.57. The summed E-state index contributed by atoms with van der Waals surface area (Å²) in [5, 5.41) is 21.3. The Morgan fingerprint density at radius 2 is 1.83 bits per heavy atom. The van der Waals surface area contributed by atoms with Crippen LogP contribution in [0.1, 0.15) is 26.7 Å². The van der Waals surface area contributed by atoms with Crippen LogP contribution in [0.2, 0.25) is 0 Å². The van der Waals surface area contributed by atoms with Gasteiger partial charge in [0.25, 0.3) is 0 Å². The molecule has 132 valence electrons. The van der Waals surface area contributed by atoms with E-state index in [1.807, 2.05) is 0 Å². The first-order chi connectivity index (χ1) is 11.2. The number of aromatic hydroxyl groups is 1. The van der Waals surface area contributed by atoms with Crippen molar-refractivity contribution in [2.45, 2.75) is 31.6 Å². The van der Waals surface area contributed by atoms with Crippen LogP contribution in [-0.4, -0.2) is 47.9 Å². The number of carbonyl (C=O) groups is 2. The lowest BCUT2D eigenvalue weighted by Crippen LogP contribution is -2.32. The van der Waals surface area contributed by atoms with Crippen LogP contribution in [0, 0.1) is 5.41 Å². The highest BCUT2D eigenvalue weighted by molar-refractivity contribution is 7.89. The molecule has 0 bridgehead atoms. The van der Waals surface area contributed by atoms with E-state index in [-0.39, 0.29) is 42.3 Å². The number of carboxylic acid groups (broad SMARTS) is 1. The van der Waals surface area contributed by atoms with E-state index in [4.69, 9.17) is 5.11 Å². The van der Waals surface area contributed by atoms with Gasteiger partial charge in [-0.25, -0.2) is 8.42 Å². The van der Waals surface area contributed by atoms with E-state index >= 15 is 0 Å². The van der Waals surface area contributed by atoms with Crippen molar-refractivity contribution in [3.05, 3.63) is 18.2 Å². The van der Waals surface area contributed by atoms with E-state index in [0.29, 0.717) is 0 Å². The van der Waals surface area contributed by atoms with E-state index in [1.54, 1.807) is 13.8 Å². The van der Waals surface area contributed by atoms with Crippen LogP contribution in [0.5, 0.6) is 5.75 Å². The molecule has 1 saturated carbocycles. The molecule has 0 heterocycles. The van der Waals surface area contributed by atoms with Crippen molar-refractivity contribution in [2.75, 3.05) is 18.4 Å². The lowest BCUT2D eigenvalue weighted by atomic mass is 10.1. The maximum atomic E-state index is 12.5. The minimum absolute atomic E-state index is 0.0838. The summed E-state index contributed by atoms with van der Waals surface area (Å²) in [6.45, 7) is 3.97. The Labute approximate surface area is 140 Å². The summed E-state index contributed by atoms with van der Waals surface area (Å²) in [4.78, 5) is 23.2. The third-order valence-corrected chi connectivity index (χ3v) is 6.20. The second-order valence-electron chi connectivity index (χ2n) is 5.61. The average Bonchev–Trinajstić information content (AvgIpc) is 3.32. The summed E-state index contributed by atoms with van der Waals surface area (Å²) < 4.78 is 26.2. The predicted molar refractivity (Wildman–Crippen MR) is 86.1 cm³/mol. The molecule has 1 aliphatic rings. The summed E-state index contributed by atoms with van der Waals surface area (Å²) in [5.74, 6) is -2.32. The number of aliphatic carboxylic acids is 1. The number of hydrogen-bond donors (Lipinski definition) is 3. The number of amides is 1. The summed E-state index contributed by atoms with van der Waals surface area (Å²) in [5.41, 5.74) is -1.61. The summed E-state index contributed by atoms with van der Waals surface area (Å²) in [6, 6.07) is 3.54. The van der Waals surface area contributed by atoms with Gasteiger partial charge in [0.15, 0.2) is 0 Å². The minimum Gasteiger partial charge on any atom is -0.506 e. The zero-order chi connectivity index (χ0) is 18.1. The minimum atomic E-state index is -3.76. The van der Waals surface area contributed by atoms with E-state index in [9.17, 15) is 23.1 Å². The molecule has 0 unspecified atom stereocenters. The Morgan fingerprint density at radius 3 is 2.29 bits per heavy atom. The topological polar surface area (TPSA) is 124 Å². The Bertz CT molecular complexity index is 766. The molecule has 0 aliphatic heterocycles. The number of hydrogen-bond acceptors (Lipinski definition) is 5. The van der Waals surface area contributed by atoms with Crippen LogP contribution < -0.4 is 5.32 Å². The maximum absolute atomic E-state index is 12.5. The molecule has 0 radical (unpaired) electrons. The van der Waals surface area contributed by atoms with Crippen LogP contribution >= 0.6 is 0 Å². The van der Waals surface area contributed by atoms with Crippen molar-refractivity contribution in [2.24, 2.45) is 5.41 Å². The fourth-order valence-electron chi connectivity index (χ4n) is 2.39. The van der Waals surface area contributed by atoms with Gasteiger partial charge in [-0.1, -0.05) is 13.8 Å². The number of nitrogens with one attached hydrogen (secondary N) is 1. The van der Waals surface area contributed by atoms with Gasteiger partial charge in [0.2, 0.25) is 15.9 Å². The van der Waals surface area contributed by atoms with Gasteiger partial charge in [0, 0.05) is 13.1 Å². The van der Waals surface area contributed by atoms with E-state index < -0.39 is 27.3 Å². The zero-order valence-electron chi connectivity index (χ0n) is 13.4. The van der Waals surface area contributed by atoms with Crippen molar-refractivity contribution in [1.82, 2.24) is 4.31 Å².